The van der Waals surface area contributed by atoms with E-state index in [1.54, 1.807) is 24.2 Å². The van der Waals surface area contributed by atoms with Crippen LogP contribution in [-0.4, -0.2) is 39.0 Å². The molecule has 0 aliphatic heterocycles. The Kier molecular flexibility index (Phi) is 5.03. The van der Waals surface area contributed by atoms with E-state index in [9.17, 15) is 13.2 Å². The van der Waals surface area contributed by atoms with E-state index in [4.69, 9.17) is 4.74 Å². The zero-order valence-electron chi connectivity index (χ0n) is 14.6. The minimum absolute atomic E-state index is 0.0844. The fourth-order valence-electron chi connectivity index (χ4n) is 2.39. The monoisotopic (exact) mass is 370 g/mol. The van der Waals surface area contributed by atoms with Gasteiger partial charge in [-0.1, -0.05) is 0 Å². The molecule has 142 valence electrons. The fraction of sp³-hybridized carbons (Fsp3) is 0.562. The second-order valence-electron chi connectivity index (χ2n) is 6.60. The van der Waals surface area contributed by atoms with Crippen LogP contribution in [0.1, 0.15) is 31.7 Å². The lowest BCUT2D eigenvalue weighted by molar-refractivity contribution is -0.137. The van der Waals surface area contributed by atoms with Crippen LogP contribution in [0.5, 0.6) is 0 Å². The maximum absolute atomic E-state index is 13.2. The quantitative estimate of drug-likeness (QED) is 0.694. The summed E-state index contributed by atoms with van der Waals surface area (Å²) in [4.78, 5) is 7.83. The molecule has 10 heteroatoms. The molecule has 0 aromatic carbocycles. The Bertz CT molecular complexity index is 757. The Morgan fingerprint density at radius 1 is 1.31 bits per heavy atom. The van der Waals surface area contributed by atoms with Gasteiger partial charge in [0, 0.05) is 38.2 Å². The number of nitrogens with one attached hydrogen (secondary N) is 2. The van der Waals surface area contributed by atoms with Crippen molar-refractivity contribution in [3.05, 3.63) is 24.2 Å². The smallest absolute Gasteiger partial charge is 0.385 e. The van der Waals surface area contributed by atoms with Crippen LogP contribution in [0.25, 0.3) is 0 Å². The SMILES string of the molecule is COCCCn1cc(Nc2ncc(C(F)(F)F)c(NC3(C)CC3)n2)cn1. The molecule has 1 aliphatic carbocycles. The molecule has 0 bridgehead atoms. The van der Waals surface area contributed by atoms with Crippen LogP contribution in [0, 0.1) is 0 Å². The van der Waals surface area contributed by atoms with E-state index in [1.165, 1.54) is 0 Å². The molecule has 2 N–H and O–H groups in total. The summed E-state index contributed by atoms with van der Waals surface area (Å²) in [6, 6.07) is 0. The number of ether oxygens (including phenoxy) is 1. The lowest BCUT2D eigenvalue weighted by atomic mass is 10.2. The van der Waals surface area contributed by atoms with Gasteiger partial charge in [-0.05, 0) is 26.2 Å². The van der Waals surface area contributed by atoms with Crippen LogP contribution in [0.4, 0.5) is 30.6 Å². The number of rotatable bonds is 8. The number of nitrogens with zero attached hydrogens (tertiary/aromatic N) is 4. The van der Waals surface area contributed by atoms with E-state index in [1.807, 2.05) is 6.92 Å². The van der Waals surface area contributed by atoms with Gasteiger partial charge in [-0.15, -0.1) is 0 Å². The first-order valence-corrected chi connectivity index (χ1v) is 8.30. The van der Waals surface area contributed by atoms with Crippen LogP contribution in [0.15, 0.2) is 18.6 Å². The van der Waals surface area contributed by atoms with E-state index < -0.39 is 11.7 Å². The lowest BCUT2D eigenvalue weighted by Crippen LogP contribution is -2.21. The van der Waals surface area contributed by atoms with Gasteiger partial charge in [0.1, 0.15) is 11.4 Å². The minimum Gasteiger partial charge on any atom is -0.385 e. The molecule has 2 aromatic heterocycles. The molecule has 1 saturated carbocycles. The predicted molar refractivity (Wildman–Crippen MR) is 90.3 cm³/mol. The highest BCUT2D eigenvalue weighted by atomic mass is 19.4. The number of methoxy groups -OCH3 is 1. The Morgan fingerprint density at radius 2 is 2.08 bits per heavy atom. The van der Waals surface area contributed by atoms with Gasteiger partial charge in [-0.3, -0.25) is 4.68 Å². The van der Waals surface area contributed by atoms with Crippen LogP contribution in [0.2, 0.25) is 0 Å². The summed E-state index contributed by atoms with van der Waals surface area (Å²) in [5.74, 6) is -0.122. The number of hydrogen-bond donors (Lipinski definition) is 2. The van der Waals surface area contributed by atoms with Crippen molar-refractivity contribution in [1.29, 1.82) is 0 Å². The molecule has 7 nitrogen and oxygen atoms in total. The Balaban J connectivity index is 1.74. The Hall–Kier alpha value is -2.36. The third-order valence-corrected chi connectivity index (χ3v) is 4.14. The Labute approximate surface area is 149 Å². The van der Waals surface area contributed by atoms with Crippen LogP contribution >= 0.6 is 0 Å². The number of aromatic nitrogens is 4. The lowest BCUT2D eigenvalue weighted by Gasteiger charge is -2.18. The summed E-state index contributed by atoms with van der Waals surface area (Å²) in [6.07, 6.45) is 2.03. The molecule has 0 radical (unpaired) electrons. The summed E-state index contributed by atoms with van der Waals surface area (Å²) in [5, 5.41) is 9.96. The second kappa shape index (κ2) is 7.10. The van der Waals surface area contributed by atoms with E-state index in [-0.39, 0.29) is 17.3 Å². The summed E-state index contributed by atoms with van der Waals surface area (Å²) in [5.41, 5.74) is -0.602. The molecule has 3 rings (SSSR count). The van der Waals surface area contributed by atoms with E-state index in [0.29, 0.717) is 18.8 Å². The van der Waals surface area contributed by atoms with Gasteiger partial charge in [-0.25, -0.2) is 4.98 Å². The van der Waals surface area contributed by atoms with E-state index in [0.717, 1.165) is 25.5 Å². The van der Waals surface area contributed by atoms with Gasteiger partial charge in [0.2, 0.25) is 5.95 Å². The first-order valence-electron chi connectivity index (χ1n) is 8.30. The van der Waals surface area contributed by atoms with Gasteiger partial charge < -0.3 is 15.4 Å². The standard InChI is InChI=1S/C16H21F3N6O/c1-15(4-5-15)24-13-12(16(17,18)19)9-20-14(23-13)22-11-8-21-25(10-11)6-3-7-26-2/h8-10H,3-7H2,1-2H3,(H2,20,22,23,24). The summed E-state index contributed by atoms with van der Waals surface area (Å²) < 4.78 is 46.3. The van der Waals surface area contributed by atoms with Crippen molar-refractivity contribution in [3.8, 4) is 0 Å². The maximum atomic E-state index is 13.2. The molecule has 0 unspecified atom stereocenters. The van der Waals surface area contributed by atoms with Gasteiger partial charge in [0.05, 0.1) is 11.9 Å². The van der Waals surface area contributed by atoms with Gasteiger partial charge in [0.15, 0.2) is 0 Å². The molecular formula is C16H21F3N6O. The Morgan fingerprint density at radius 3 is 2.73 bits per heavy atom. The van der Waals surface area contributed by atoms with Gasteiger partial charge in [0.25, 0.3) is 0 Å². The molecule has 1 aliphatic rings. The number of halogens is 3. The average Bonchev–Trinajstić information content (AvgIpc) is 3.11. The third kappa shape index (κ3) is 4.63. The van der Waals surface area contributed by atoms with Crippen molar-refractivity contribution in [2.75, 3.05) is 24.4 Å². The normalized spacial score (nSPS) is 15.7. The molecule has 0 amide bonds. The second-order valence-corrected chi connectivity index (χ2v) is 6.60. The van der Waals surface area contributed by atoms with E-state index in [2.05, 4.69) is 25.7 Å². The highest BCUT2D eigenvalue weighted by Crippen LogP contribution is 2.41. The summed E-state index contributed by atoms with van der Waals surface area (Å²) in [6.45, 7) is 3.17. The molecule has 0 saturated heterocycles. The number of hydrogen-bond acceptors (Lipinski definition) is 6. The predicted octanol–water partition coefficient (Wildman–Crippen LogP) is 3.44. The summed E-state index contributed by atoms with van der Waals surface area (Å²) >= 11 is 0. The molecule has 2 heterocycles. The van der Waals surface area contributed by atoms with Gasteiger partial charge >= 0.3 is 6.18 Å². The maximum Gasteiger partial charge on any atom is 0.421 e. The highest BCUT2D eigenvalue weighted by molar-refractivity contribution is 5.56. The number of anilines is 3. The fourth-order valence-corrected chi connectivity index (χ4v) is 2.39. The molecule has 2 aromatic rings. The largest absolute Gasteiger partial charge is 0.421 e. The van der Waals surface area contributed by atoms with Gasteiger partial charge in [-0.2, -0.15) is 23.3 Å². The number of alkyl halides is 3. The van der Waals surface area contributed by atoms with Crippen molar-refractivity contribution < 1.29 is 17.9 Å². The van der Waals surface area contributed by atoms with E-state index >= 15 is 0 Å². The minimum atomic E-state index is -4.52. The topological polar surface area (TPSA) is 76.9 Å². The third-order valence-electron chi connectivity index (χ3n) is 4.14. The van der Waals surface area contributed by atoms with Crippen molar-refractivity contribution >= 4 is 17.5 Å². The number of aryl methyl sites for hydroxylation is 1. The zero-order chi connectivity index (χ0) is 18.8. The van der Waals surface area contributed by atoms with Crippen molar-refractivity contribution in [2.45, 2.75) is 44.4 Å². The first-order chi connectivity index (χ1) is 12.3. The zero-order valence-corrected chi connectivity index (χ0v) is 14.6. The van der Waals surface area contributed by atoms with Crippen LogP contribution < -0.4 is 10.6 Å². The molecule has 1 fully saturated rings. The highest BCUT2D eigenvalue weighted by Gasteiger charge is 2.41. The molecule has 26 heavy (non-hydrogen) atoms. The van der Waals surface area contributed by atoms with Crippen molar-refractivity contribution in [2.24, 2.45) is 0 Å². The van der Waals surface area contributed by atoms with Crippen LogP contribution in [0.3, 0.4) is 0 Å². The van der Waals surface area contributed by atoms with Crippen molar-refractivity contribution in [1.82, 2.24) is 19.7 Å². The molecular weight excluding hydrogens is 349 g/mol. The van der Waals surface area contributed by atoms with Crippen LogP contribution in [-0.2, 0) is 17.5 Å². The summed E-state index contributed by atoms with van der Waals surface area (Å²) in [7, 11) is 1.63. The van der Waals surface area contributed by atoms with Crippen molar-refractivity contribution in [3.63, 3.8) is 0 Å². The molecule has 0 spiro atoms. The average molecular weight is 370 g/mol. The first kappa shape index (κ1) is 18.4. The molecule has 0 atom stereocenters.